The molecule has 1 amide bonds. The number of carbonyl (C=O) groups is 2. The summed E-state index contributed by atoms with van der Waals surface area (Å²) in [6, 6.07) is 11.4. The highest BCUT2D eigenvalue weighted by atomic mass is 16.6. The Balaban J connectivity index is 2.24. The molecule has 6 heteroatoms. The zero-order chi connectivity index (χ0) is 24.3. The molecule has 0 spiro atoms. The smallest absolute Gasteiger partial charge is 0.322 e. The number of nitrogens with two attached hydrogens (primary N) is 1. The van der Waals surface area contributed by atoms with Crippen molar-refractivity contribution in [3.05, 3.63) is 35.9 Å². The molecule has 1 aliphatic carbocycles. The number of benzene rings is 1. The van der Waals surface area contributed by atoms with E-state index >= 15 is 0 Å². The van der Waals surface area contributed by atoms with Gasteiger partial charge in [0.2, 0.25) is 5.91 Å². The second kappa shape index (κ2) is 12.7. The molecule has 2 atom stereocenters. The average molecular weight is 456 g/mol. The standard InChI is InChI=1S/C27H41N3O3/c1-26(2,3)33-25(32)27(17-10-15-23(29)20-28,19-22-13-8-5-9-14-22)24(31)30-18-16-21-11-6-4-7-12-21/h4,6-7,11-12,22-23H,5,8-10,13-19,29H2,1-3H3,(H,30,31). The molecule has 6 nitrogen and oxygen atoms in total. The summed E-state index contributed by atoms with van der Waals surface area (Å²) in [6.45, 7) is 5.94. The summed E-state index contributed by atoms with van der Waals surface area (Å²) in [4.78, 5) is 27.3. The van der Waals surface area contributed by atoms with E-state index in [0.717, 1.165) is 31.2 Å². The van der Waals surface area contributed by atoms with Crippen molar-refractivity contribution in [3.63, 3.8) is 0 Å². The van der Waals surface area contributed by atoms with Gasteiger partial charge in [0, 0.05) is 6.54 Å². The van der Waals surface area contributed by atoms with Crippen LogP contribution in [-0.2, 0) is 20.7 Å². The maximum atomic E-state index is 13.7. The first kappa shape index (κ1) is 26.9. The number of amides is 1. The molecule has 0 aromatic heterocycles. The van der Waals surface area contributed by atoms with E-state index in [-0.39, 0.29) is 5.91 Å². The van der Waals surface area contributed by atoms with Crippen LogP contribution in [0.5, 0.6) is 0 Å². The van der Waals surface area contributed by atoms with E-state index in [1.807, 2.05) is 57.2 Å². The van der Waals surface area contributed by atoms with Crippen LogP contribution in [0.3, 0.4) is 0 Å². The first-order chi connectivity index (χ1) is 15.7. The van der Waals surface area contributed by atoms with Crippen LogP contribution in [0.25, 0.3) is 0 Å². The van der Waals surface area contributed by atoms with E-state index in [2.05, 4.69) is 5.32 Å². The van der Waals surface area contributed by atoms with Gasteiger partial charge in [-0.15, -0.1) is 0 Å². The van der Waals surface area contributed by atoms with Crippen LogP contribution in [-0.4, -0.2) is 30.1 Å². The molecule has 0 aliphatic heterocycles. The molecule has 3 N–H and O–H groups in total. The lowest BCUT2D eigenvalue weighted by Gasteiger charge is -2.37. The van der Waals surface area contributed by atoms with Gasteiger partial charge in [0.15, 0.2) is 0 Å². The molecule has 0 heterocycles. The van der Waals surface area contributed by atoms with Gasteiger partial charge in [-0.25, -0.2) is 0 Å². The number of nitriles is 1. The van der Waals surface area contributed by atoms with Crippen molar-refractivity contribution in [3.8, 4) is 6.07 Å². The van der Waals surface area contributed by atoms with Gasteiger partial charge in [-0.05, 0) is 64.4 Å². The average Bonchev–Trinajstić information content (AvgIpc) is 2.78. The third kappa shape index (κ3) is 8.81. The number of esters is 1. The number of nitrogens with one attached hydrogen (secondary N) is 1. The van der Waals surface area contributed by atoms with E-state index in [4.69, 9.17) is 15.7 Å². The van der Waals surface area contributed by atoms with Gasteiger partial charge < -0.3 is 15.8 Å². The Labute approximate surface area is 199 Å². The molecule has 182 valence electrons. The van der Waals surface area contributed by atoms with Crippen LogP contribution >= 0.6 is 0 Å². The van der Waals surface area contributed by atoms with E-state index < -0.39 is 23.0 Å². The fourth-order valence-electron chi connectivity index (χ4n) is 4.67. The molecule has 0 saturated heterocycles. The third-order valence-electron chi connectivity index (χ3n) is 6.41. The summed E-state index contributed by atoms with van der Waals surface area (Å²) in [7, 11) is 0. The van der Waals surface area contributed by atoms with Gasteiger partial charge in [-0.1, -0.05) is 62.4 Å². The molecule has 1 aliphatic rings. The molecular formula is C27H41N3O3. The molecule has 1 aromatic carbocycles. The lowest BCUT2D eigenvalue weighted by Crippen LogP contribution is -2.51. The maximum absolute atomic E-state index is 13.7. The SMILES string of the molecule is CC(C)(C)OC(=O)C(CCCC(N)C#N)(CC1CCCCC1)C(=O)NCCc1ccccc1. The van der Waals surface area contributed by atoms with Crippen molar-refractivity contribution in [1.29, 1.82) is 5.26 Å². The monoisotopic (exact) mass is 455 g/mol. The highest BCUT2D eigenvalue weighted by molar-refractivity contribution is 6.02. The van der Waals surface area contributed by atoms with Crippen LogP contribution in [0.4, 0.5) is 0 Å². The van der Waals surface area contributed by atoms with Gasteiger partial charge in [-0.3, -0.25) is 9.59 Å². The van der Waals surface area contributed by atoms with Crippen molar-refractivity contribution < 1.29 is 14.3 Å². The summed E-state index contributed by atoms with van der Waals surface area (Å²) in [5.41, 5.74) is 4.98. The maximum Gasteiger partial charge on any atom is 0.322 e. The number of nitrogens with zero attached hydrogens (tertiary/aromatic N) is 1. The van der Waals surface area contributed by atoms with Crippen molar-refractivity contribution >= 4 is 11.9 Å². The second-order valence-electron chi connectivity index (χ2n) is 10.4. The van der Waals surface area contributed by atoms with E-state index in [0.29, 0.717) is 44.6 Å². The highest BCUT2D eigenvalue weighted by Crippen LogP contribution is 2.40. The second-order valence-corrected chi connectivity index (χ2v) is 10.4. The van der Waals surface area contributed by atoms with Crippen LogP contribution in [0.2, 0.25) is 0 Å². The Kier molecular flexibility index (Phi) is 10.4. The molecule has 2 unspecified atom stereocenters. The molecule has 1 aromatic rings. The van der Waals surface area contributed by atoms with E-state index in [1.54, 1.807) is 0 Å². The van der Waals surface area contributed by atoms with Crippen LogP contribution in [0.15, 0.2) is 30.3 Å². The largest absolute Gasteiger partial charge is 0.459 e. The fraction of sp³-hybridized carbons (Fsp3) is 0.667. The topological polar surface area (TPSA) is 105 Å². The molecule has 1 fully saturated rings. The van der Waals surface area contributed by atoms with Gasteiger partial charge in [-0.2, -0.15) is 5.26 Å². The first-order valence-electron chi connectivity index (χ1n) is 12.4. The summed E-state index contributed by atoms with van der Waals surface area (Å²) >= 11 is 0. The normalized spacial score (nSPS) is 17.4. The molecule has 0 bridgehead atoms. The van der Waals surface area contributed by atoms with Crippen molar-refractivity contribution in [2.45, 2.75) is 96.6 Å². The molecule has 33 heavy (non-hydrogen) atoms. The van der Waals surface area contributed by atoms with Gasteiger partial charge in [0.1, 0.15) is 11.0 Å². The predicted octanol–water partition coefficient (Wildman–Crippen LogP) is 4.66. The number of carbonyl (C=O) groups excluding carboxylic acids is 2. The van der Waals surface area contributed by atoms with Gasteiger partial charge >= 0.3 is 5.97 Å². The van der Waals surface area contributed by atoms with E-state index in [1.165, 1.54) is 6.42 Å². The number of hydrogen-bond donors (Lipinski definition) is 2. The molecular weight excluding hydrogens is 414 g/mol. The van der Waals surface area contributed by atoms with E-state index in [9.17, 15) is 9.59 Å². The van der Waals surface area contributed by atoms with Crippen LogP contribution < -0.4 is 11.1 Å². The minimum Gasteiger partial charge on any atom is -0.459 e. The summed E-state index contributed by atoms with van der Waals surface area (Å²) in [5, 5.41) is 12.1. The first-order valence-corrected chi connectivity index (χ1v) is 12.4. The third-order valence-corrected chi connectivity index (χ3v) is 6.41. The highest BCUT2D eigenvalue weighted by Gasteiger charge is 2.49. The Bertz CT molecular complexity index is 791. The zero-order valence-electron chi connectivity index (χ0n) is 20.6. The Morgan fingerprint density at radius 1 is 1.18 bits per heavy atom. The Morgan fingerprint density at radius 2 is 1.85 bits per heavy atom. The van der Waals surface area contributed by atoms with Crippen molar-refractivity contribution in [2.75, 3.05) is 6.54 Å². The summed E-state index contributed by atoms with van der Waals surface area (Å²) in [6.07, 6.45) is 8.00. The van der Waals surface area contributed by atoms with Crippen molar-refractivity contribution in [2.24, 2.45) is 17.1 Å². The zero-order valence-corrected chi connectivity index (χ0v) is 20.6. The fourth-order valence-corrected chi connectivity index (χ4v) is 4.67. The lowest BCUT2D eigenvalue weighted by molar-refractivity contribution is -0.173. The predicted molar refractivity (Wildman–Crippen MR) is 130 cm³/mol. The molecule has 2 rings (SSSR count). The Hall–Kier alpha value is -2.39. The summed E-state index contributed by atoms with van der Waals surface area (Å²) < 4.78 is 5.82. The minimum atomic E-state index is -1.26. The quantitative estimate of drug-likeness (QED) is 0.373. The molecule has 0 radical (unpaired) electrons. The summed E-state index contributed by atoms with van der Waals surface area (Å²) in [5.74, 6) is -0.400. The minimum absolute atomic E-state index is 0.260. The van der Waals surface area contributed by atoms with Gasteiger partial charge in [0.25, 0.3) is 0 Å². The van der Waals surface area contributed by atoms with Crippen molar-refractivity contribution in [1.82, 2.24) is 5.32 Å². The number of ether oxygens (including phenoxy) is 1. The number of rotatable bonds is 11. The van der Waals surface area contributed by atoms with Crippen LogP contribution in [0.1, 0.15) is 84.1 Å². The van der Waals surface area contributed by atoms with Gasteiger partial charge in [0.05, 0.1) is 12.1 Å². The van der Waals surface area contributed by atoms with Crippen LogP contribution in [0, 0.1) is 22.7 Å². The lowest BCUT2D eigenvalue weighted by atomic mass is 9.70. The number of hydrogen-bond acceptors (Lipinski definition) is 5. The Morgan fingerprint density at radius 3 is 2.45 bits per heavy atom. The molecule has 1 saturated carbocycles.